The molecule has 110 valence electrons. The van der Waals surface area contributed by atoms with E-state index in [9.17, 15) is 4.79 Å². The topological polar surface area (TPSA) is 67.8 Å². The van der Waals surface area contributed by atoms with E-state index in [4.69, 9.17) is 14.6 Å². The van der Waals surface area contributed by atoms with E-state index in [0.29, 0.717) is 13.0 Å². The highest BCUT2D eigenvalue weighted by Gasteiger charge is 2.30. The van der Waals surface area contributed by atoms with Gasteiger partial charge in [-0.05, 0) is 37.5 Å². The monoisotopic (exact) mass is 279 g/mol. The van der Waals surface area contributed by atoms with Crippen molar-refractivity contribution >= 4 is 5.97 Å². The fraction of sp³-hybridized carbons (Fsp3) is 0.533. The van der Waals surface area contributed by atoms with E-state index in [0.717, 1.165) is 17.7 Å². The molecule has 2 unspecified atom stereocenters. The molecule has 0 bridgehead atoms. The summed E-state index contributed by atoms with van der Waals surface area (Å²) in [5, 5.41) is 12.3. The predicted octanol–water partition coefficient (Wildman–Crippen LogP) is 1.98. The van der Waals surface area contributed by atoms with Crippen LogP contribution in [0.4, 0.5) is 0 Å². The van der Waals surface area contributed by atoms with Crippen LogP contribution in [0, 0.1) is 0 Å². The summed E-state index contributed by atoms with van der Waals surface area (Å²) in [7, 11) is 1.65. The second kappa shape index (κ2) is 6.72. The molecule has 2 rings (SSSR count). The van der Waals surface area contributed by atoms with Crippen molar-refractivity contribution in [3.05, 3.63) is 29.8 Å². The van der Waals surface area contributed by atoms with Crippen LogP contribution in [0.3, 0.4) is 0 Å². The average Bonchev–Trinajstić information content (AvgIpc) is 2.94. The summed E-state index contributed by atoms with van der Waals surface area (Å²) in [6.07, 6.45) is 0.711. The van der Waals surface area contributed by atoms with Gasteiger partial charge in [-0.3, -0.25) is 0 Å². The number of nitrogens with one attached hydrogen (secondary N) is 1. The second-order valence-corrected chi connectivity index (χ2v) is 5.07. The van der Waals surface area contributed by atoms with Crippen molar-refractivity contribution in [2.24, 2.45) is 0 Å². The van der Waals surface area contributed by atoms with Gasteiger partial charge in [-0.2, -0.15) is 0 Å². The van der Waals surface area contributed by atoms with Gasteiger partial charge in [-0.15, -0.1) is 0 Å². The first-order chi connectivity index (χ1) is 9.60. The van der Waals surface area contributed by atoms with E-state index < -0.39 is 12.1 Å². The van der Waals surface area contributed by atoms with Gasteiger partial charge in [0, 0.05) is 12.6 Å². The first kappa shape index (κ1) is 14.8. The van der Waals surface area contributed by atoms with Crippen LogP contribution < -0.4 is 10.1 Å². The first-order valence-electron chi connectivity index (χ1n) is 6.85. The summed E-state index contributed by atoms with van der Waals surface area (Å²) in [6, 6.07) is 8.06. The van der Waals surface area contributed by atoms with Crippen LogP contribution in [0.25, 0.3) is 0 Å². The molecule has 0 amide bonds. The van der Waals surface area contributed by atoms with Gasteiger partial charge in [-0.1, -0.05) is 12.1 Å². The normalized spacial score (nSPS) is 23.5. The van der Waals surface area contributed by atoms with Crippen LogP contribution in [-0.2, 0) is 9.53 Å². The molecule has 5 nitrogen and oxygen atoms in total. The van der Waals surface area contributed by atoms with Crippen molar-refractivity contribution in [2.45, 2.75) is 38.0 Å². The van der Waals surface area contributed by atoms with Gasteiger partial charge in [0.25, 0.3) is 0 Å². The lowest BCUT2D eigenvalue weighted by molar-refractivity contribution is -0.149. The third-order valence-corrected chi connectivity index (χ3v) is 3.63. The second-order valence-electron chi connectivity index (χ2n) is 5.07. The van der Waals surface area contributed by atoms with Gasteiger partial charge in [0.05, 0.1) is 13.2 Å². The van der Waals surface area contributed by atoms with Crippen molar-refractivity contribution in [2.75, 3.05) is 13.7 Å². The highest BCUT2D eigenvalue weighted by Crippen LogP contribution is 2.22. The number of carbonyl (C=O) groups is 1. The molecular weight excluding hydrogens is 258 g/mol. The SMILES string of the molecule is COc1cccc([C@@H](C)NCC2CCC(C(=O)O)O2)c1. The summed E-state index contributed by atoms with van der Waals surface area (Å²) in [5.74, 6) is -0.0347. The molecule has 3 atom stereocenters. The lowest BCUT2D eigenvalue weighted by Gasteiger charge is -2.18. The number of carboxylic acid groups (broad SMARTS) is 1. The number of hydrogen-bond donors (Lipinski definition) is 2. The number of benzene rings is 1. The Bertz CT molecular complexity index is 463. The molecule has 1 saturated heterocycles. The van der Waals surface area contributed by atoms with E-state index in [-0.39, 0.29) is 12.1 Å². The van der Waals surface area contributed by atoms with E-state index in [1.54, 1.807) is 7.11 Å². The van der Waals surface area contributed by atoms with Crippen LogP contribution in [-0.4, -0.2) is 36.9 Å². The molecule has 1 aromatic rings. The van der Waals surface area contributed by atoms with Gasteiger partial charge in [-0.25, -0.2) is 4.79 Å². The van der Waals surface area contributed by atoms with Crippen LogP contribution in [0.5, 0.6) is 5.75 Å². The van der Waals surface area contributed by atoms with Gasteiger partial charge in [0.2, 0.25) is 0 Å². The Balaban J connectivity index is 1.83. The maximum absolute atomic E-state index is 10.8. The molecule has 0 aliphatic carbocycles. The summed E-state index contributed by atoms with van der Waals surface area (Å²) < 4.78 is 10.7. The molecule has 2 N–H and O–H groups in total. The zero-order chi connectivity index (χ0) is 14.5. The number of aliphatic carboxylic acids is 1. The zero-order valence-electron chi connectivity index (χ0n) is 11.8. The number of rotatable bonds is 6. The van der Waals surface area contributed by atoms with Crippen molar-refractivity contribution < 1.29 is 19.4 Å². The Morgan fingerprint density at radius 3 is 3.00 bits per heavy atom. The third-order valence-electron chi connectivity index (χ3n) is 3.63. The van der Waals surface area contributed by atoms with Crippen molar-refractivity contribution in [1.29, 1.82) is 0 Å². The maximum Gasteiger partial charge on any atom is 0.332 e. The average molecular weight is 279 g/mol. The number of methoxy groups -OCH3 is 1. The zero-order valence-corrected chi connectivity index (χ0v) is 11.8. The molecule has 20 heavy (non-hydrogen) atoms. The van der Waals surface area contributed by atoms with Crippen molar-refractivity contribution in [3.8, 4) is 5.75 Å². The minimum Gasteiger partial charge on any atom is -0.497 e. The largest absolute Gasteiger partial charge is 0.497 e. The maximum atomic E-state index is 10.8. The highest BCUT2D eigenvalue weighted by atomic mass is 16.5. The number of ether oxygens (including phenoxy) is 2. The lowest BCUT2D eigenvalue weighted by atomic mass is 10.1. The molecule has 1 fully saturated rings. The van der Waals surface area contributed by atoms with E-state index in [2.05, 4.69) is 12.2 Å². The molecule has 1 heterocycles. The molecule has 0 aromatic heterocycles. The van der Waals surface area contributed by atoms with E-state index in [1.807, 2.05) is 24.3 Å². The minimum absolute atomic E-state index is 0.0239. The Labute approximate surface area is 118 Å². The first-order valence-corrected chi connectivity index (χ1v) is 6.85. The third kappa shape index (κ3) is 3.71. The molecule has 5 heteroatoms. The summed E-state index contributed by atoms with van der Waals surface area (Å²) >= 11 is 0. The summed E-state index contributed by atoms with van der Waals surface area (Å²) in [6.45, 7) is 2.72. The van der Waals surface area contributed by atoms with Gasteiger partial charge < -0.3 is 19.9 Å². The standard InChI is InChI=1S/C15H21NO4/c1-10(11-4-3-5-12(8-11)19-2)16-9-13-6-7-14(20-13)15(17)18/h3-5,8,10,13-14,16H,6-7,9H2,1-2H3,(H,17,18)/t10-,13?,14?/m1/s1. The van der Waals surface area contributed by atoms with E-state index in [1.165, 1.54) is 0 Å². The molecule has 0 spiro atoms. The number of hydrogen-bond acceptors (Lipinski definition) is 4. The van der Waals surface area contributed by atoms with Gasteiger partial charge >= 0.3 is 5.97 Å². The molecule has 0 saturated carbocycles. The molecular formula is C15H21NO4. The minimum atomic E-state index is -0.867. The molecule has 1 aromatic carbocycles. The van der Waals surface area contributed by atoms with Crippen molar-refractivity contribution in [3.63, 3.8) is 0 Å². The summed E-state index contributed by atoms with van der Waals surface area (Å²) in [5.41, 5.74) is 1.14. The molecule has 1 aliphatic heterocycles. The molecule has 0 radical (unpaired) electrons. The smallest absolute Gasteiger partial charge is 0.332 e. The van der Waals surface area contributed by atoms with E-state index >= 15 is 0 Å². The highest BCUT2D eigenvalue weighted by molar-refractivity contribution is 5.72. The quantitative estimate of drug-likeness (QED) is 0.833. The lowest BCUT2D eigenvalue weighted by Crippen LogP contribution is -2.30. The predicted molar refractivity (Wildman–Crippen MR) is 74.9 cm³/mol. The molecule has 1 aliphatic rings. The Morgan fingerprint density at radius 2 is 2.35 bits per heavy atom. The van der Waals surface area contributed by atoms with Crippen molar-refractivity contribution in [1.82, 2.24) is 5.32 Å². The fourth-order valence-electron chi connectivity index (χ4n) is 2.37. The van der Waals surface area contributed by atoms with Crippen LogP contribution in [0.1, 0.15) is 31.4 Å². The van der Waals surface area contributed by atoms with Gasteiger partial charge in [0.15, 0.2) is 6.10 Å². The van der Waals surface area contributed by atoms with Gasteiger partial charge in [0.1, 0.15) is 5.75 Å². The fourth-order valence-corrected chi connectivity index (χ4v) is 2.37. The summed E-state index contributed by atoms with van der Waals surface area (Å²) in [4.78, 5) is 10.8. The number of carboxylic acids is 1. The Morgan fingerprint density at radius 1 is 1.55 bits per heavy atom. The van der Waals surface area contributed by atoms with Crippen LogP contribution in [0.15, 0.2) is 24.3 Å². The Hall–Kier alpha value is -1.59. The Kier molecular flexibility index (Phi) is 4.98. The van der Waals surface area contributed by atoms with Crippen LogP contribution in [0.2, 0.25) is 0 Å². The van der Waals surface area contributed by atoms with Crippen LogP contribution >= 0.6 is 0 Å².